The fraction of sp³-hybridized carbons (Fsp3) is 0.300. The quantitative estimate of drug-likeness (QED) is 0.692. The highest BCUT2D eigenvalue weighted by molar-refractivity contribution is 9.10. The largest absolute Gasteiger partial charge is 0.335 e. The number of piperazine rings is 1. The van der Waals surface area contributed by atoms with E-state index < -0.39 is 0 Å². The Balaban J connectivity index is 1.65. The van der Waals surface area contributed by atoms with Gasteiger partial charge in [0.25, 0.3) is 5.91 Å². The Hall–Kier alpha value is -1.86. The number of benzene rings is 2. The Bertz CT molecular complexity index is 844. The van der Waals surface area contributed by atoms with E-state index in [1.54, 1.807) is 11.0 Å². The summed E-state index contributed by atoms with van der Waals surface area (Å²) in [6, 6.07) is 12.2. The van der Waals surface area contributed by atoms with E-state index in [4.69, 9.17) is 0 Å². The van der Waals surface area contributed by atoms with Gasteiger partial charge in [-0.15, -0.1) is 0 Å². The van der Waals surface area contributed by atoms with Gasteiger partial charge in [0.05, 0.1) is 0 Å². The summed E-state index contributed by atoms with van der Waals surface area (Å²) in [5, 5.41) is 0. The molecular formula is C20H20BrFN2O2S. The van der Waals surface area contributed by atoms with Crippen LogP contribution in [0, 0.1) is 5.82 Å². The summed E-state index contributed by atoms with van der Waals surface area (Å²) < 4.78 is 14.8. The topological polar surface area (TPSA) is 40.6 Å². The lowest BCUT2D eigenvalue weighted by molar-refractivity contribution is -0.135. The van der Waals surface area contributed by atoms with Crippen LogP contribution in [0.2, 0.25) is 0 Å². The molecule has 2 amide bonds. The number of amides is 2. The molecule has 1 heterocycles. The Morgan fingerprint density at radius 1 is 1.19 bits per heavy atom. The van der Waals surface area contributed by atoms with Crippen LogP contribution < -0.4 is 0 Å². The van der Waals surface area contributed by atoms with Gasteiger partial charge in [-0.3, -0.25) is 9.59 Å². The minimum absolute atomic E-state index is 0.0462. The van der Waals surface area contributed by atoms with Crippen molar-refractivity contribution in [1.82, 2.24) is 9.80 Å². The molecule has 0 aliphatic carbocycles. The Labute approximate surface area is 170 Å². The molecule has 27 heavy (non-hydrogen) atoms. The number of hydrogen-bond donors (Lipinski definition) is 0. The molecular weight excluding hydrogens is 431 g/mol. The first-order chi connectivity index (χ1) is 13.0. The second kappa shape index (κ2) is 8.89. The first kappa shape index (κ1) is 19.9. The van der Waals surface area contributed by atoms with Gasteiger partial charge in [-0.2, -0.15) is 11.8 Å². The average Bonchev–Trinajstić information content (AvgIpc) is 2.66. The van der Waals surface area contributed by atoms with Crippen LogP contribution in [0.5, 0.6) is 0 Å². The molecule has 0 radical (unpaired) electrons. The maximum absolute atomic E-state index is 13.8. The van der Waals surface area contributed by atoms with Gasteiger partial charge in [-0.25, -0.2) is 4.39 Å². The third-order valence-corrected chi connectivity index (χ3v) is 5.61. The minimum Gasteiger partial charge on any atom is -0.335 e. The highest BCUT2D eigenvalue weighted by Gasteiger charge is 2.28. The van der Waals surface area contributed by atoms with Crippen molar-refractivity contribution in [2.75, 3.05) is 25.9 Å². The van der Waals surface area contributed by atoms with Crippen molar-refractivity contribution in [3.05, 3.63) is 69.4 Å². The van der Waals surface area contributed by atoms with Crippen LogP contribution in [-0.4, -0.2) is 47.5 Å². The summed E-state index contributed by atoms with van der Waals surface area (Å²) in [6.07, 6.45) is 1.89. The van der Waals surface area contributed by atoms with Crippen molar-refractivity contribution >= 4 is 39.5 Å². The summed E-state index contributed by atoms with van der Waals surface area (Å²) in [6.45, 7) is 1.53. The zero-order valence-corrected chi connectivity index (χ0v) is 17.4. The molecule has 0 aromatic heterocycles. The van der Waals surface area contributed by atoms with Crippen LogP contribution in [0.15, 0.2) is 46.9 Å². The number of thioether (sulfide) groups is 1. The van der Waals surface area contributed by atoms with Crippen LogP contribution in [0.25, 0.3) is 0 Å². The lowest BCUT2D eigenvalue weighted by atomic mass is 10.1. The molecule has 7 heteroatoms. The smallest absolute Gasteiger partial charge is 0.254 e. The molecule has 0 atom stereocenters. The van der Waals surface area contributed by atoms with E-state index in [0.29, 0.717) is 36.5 Å². The predicted octanol–water partition coefficient (Wildman–Crippen LogP) is 3.94. The normalized spacial score (nSPS) is 14.6. The molecule has 1 aliphatic rings. The molecule has 142 valence electrons. The fourth-order valence-electron chi connectivity index (χ4n) is 3.02. The molecule has 1 fully saturated rings. The summed E-state index contributed by atoms with van der Waals surface area (Å²) in [4.78, 5) is 28.5. The van der Waals surface area contributed by atoms with E-state index in [0.717, 1.165) is 10.0 Å². The van der Waals surface area contributed by atoms with E-state index in [2.05, 4.69) is 15.9 Å². The second-order valence-corrected chi connectivity index (χ2v) is 8.19. The third kappa shape index (κ3) is 4.90. The zero-order chi connectivity index (χ0) is 19.4. The minimum atomic E-state index is -0.309. The molecule has 1 aliphatic heterocycles. The van der Waals surface area contributed by atoms with Gasteiger partial charge in [0.2, 0.25) is 5.91 Å². The Kier molecular flexibility index (Phi) is 6.55. The van der Waals surface area contributed by atoms with E-state index in [1.165, 1.54) is 28.8 Å². The maximum atomic E-state index is 13.8. The van der Waals surface area contributed by atoms with Crippen LogP contribution in [-0.2, 0) is 17.1 Å². The summed E-state index contributed by atoms with van der Waals surface area (Å²) >= 11 is 4.90. The molecule has 0 N–H and O–H groups in total. The van der Waals surface area contributed by atoms with Crippen LogP contribution in [0.3, 0.4) is 0 Å². The molecule has 0 bridgehead atoms. The van der Waals surface area contributed by atoms with Crippen molar-refractivity contribution in [3.8, 4) is 0 Å². The standard InChI is InChI=1S/C20H20BrFN2O2S/c1-27-13-16-10-15(4-7-18(16)22)20(26)24-9-8-23(19(25)12-24)11-14-2-5-17(21)6-3-14/h2-7,10H,8-9,11-13H2,1H3. The van der Waals surface area contributed by atoms with Gasteiger partial charge in [0.1, 0.15) is 12.4 Å². The summed E-state index contributed by atoms with van der Waals surface area (Å²) in [7, 11) is 0. The average molecular weight is 451 g/mol. The lowest BCUT2D eigenvalue weighted by Crippen LogP contribution is -2.51. The molecule has 2 aromatic rings. The SMILES string of the molecule is CSCc1cc(C(=O)N2CCN(Cc3ccc(Br)cc3)C(=O)C2)ccc1F. The number of hydrogen-bond acceptors (Lipinski definition) is 3. The molecule has 3 rings (SSSR count). The van der Waals surface area contributed by atoms with Gasteiger partial charge in [0.15, 0.2) is 0 Å². The predicted molar refractivity (Wildman–Crippen MR) is 109 cm³/mol. The number of carbonyl (C=O) groups excluding carboxylic acids is 2. The third-order valence-electron chi connectivity index (χ3n) is 4.49. The number of halogens is 2. The maximum Gasteiger partial charge on any atom is 0.254 e. The molecule has 0 spiro atoms. The number of nitrogens with zero attached hydrogens (tertiary/aromatic N) is 2. The highest BCUT2D eigenvalue weighted by Crippen LogP contribution is 2.19. The van der Waals surface area contributed by atoms with E-state index >= 15 is 0 Å². The Morgan fingerprint density at radius 2 is 1.93 bits per heavy atom. The second-order valence-electron chi connectivity index (χ2n) is 6.41. The van der Waals surface area contributed by atoms with Crippen molar-refractivity contribution in [3.63, 3.8) is 0 Å². The molecule has 0 unspecified atom stereocenters. The summed E-state index contributed by atoms with van der Waals surface area (Å²) in [5.74, 6) is -0.110. The molecule has 2 aromatic carbocycles. The van der Waals surface area contributed by atoms with Crippen LogP contribution >= 0.6 is 27.7 Å². The van der Waals surface area contributed by atoms with Gasteiger partial charge in [0, 0.05) is 35.4 Å². The van der Waals surface area contributed by atoms with Gasteiger partial charge < -0.3 is 9.80 Å². The van der Waals surface area contributed by atoms with E-state index in [1.807, 2.05) is 30.5 Å². The monoisotopic (exact) mass is 450 g/mol. The van der Waals surface area contributed by atoms with Crippen LogP contribution in [0.1, 0.15) is 21.5 Å². The van der Waals surface area contributed by atoms with Gasteiger partial charge >= 0.3 is 0 Å². The lowest BCUT2D eigenvalue weighted by Gasteiger charge is -2.34. The van der Waals surface area contributed by atoms with Crippen molar-refractivity contribution < 1.29 is 14.0 Å². The first-order valence-corrected chi connectivity index (χ1v) is 10.8. The fourth-order valence-corrected chi connectivity index (χ4v) is 3.81. The molecule has 1 saturated heterocycles. The van der Waals surface area contributed by atoms with Crippen molar-refractivity contribution in [1.29, 1.82) is 0 Å². The Morgan fingerprint density at radius 3 is 2.59 bits per heavy atom. The number of rotatable bonds is 5. The van der Waals surface area contributed by atoms with Crippen molar-refractivity contribution in [2.45, 2.75) is 12.3 Å². The summed E-state index contributed by atoms with van der Waals surface area (Å²) in [5.41, 5.74) is 1.98. The van der Waals surface area contributed by atoms with Crippen molar-refractivity contribution in [2.24, 2.45) is 0 Å². The first-order valence-electron chi connectivity index (χ1n) is 8.57. The van der Waals surface area contributed by atoms with Gasteiger partial charge in [-0.1, -0.05) is 28.1 Å². The molecule has 0 saturated carbocycles. The highest BCUT2D eigenvalue weighted by atomic mass is 79.9. The van der Waals surface area contributed by atoms with Crippen LogP contribution in [0.4, 0.5) is 4.39 Å². The number of carbonyl (C=O) groups is 2. The molecule has 4 nitrogen and oxygen atoms in total. The van der Waals surface area contributed by atoms with Gasteiger partial charge in [-0.05, 0) is 47.7 Å². The van der Waals surface area contributed by atoms with E-state index in [-0.39, 0.29) is 24.2 Å². The van der Waals surface area contributed by atoms with E-state index in [9.17, 15) is 14.0 Å². The zero-order valence-electron chi connectivity index (χ0n) is 15.0.